The Balaban J connectivity index is 4.34. The van der Waals surface area contributed by atoms with Crippen molar-refractivity contribution in [3.05, 3.63) is 134 Å². The van der Waals surface area contributed by atoms with Crippen molar-refractivity contribution < 1.29 is 28.6 Å². The first-order chi connectivity index (χ1) is 38.0. The number of rotatable bonds is 56. The van der Waals surface area contributed by atoms with Crippen LogP contribution in [0.1, 0.15) is 278 Å². The molecule has 0 radical (unpaired) electrons. The molecule has 77 heavy (non-hydrogen) atoms. The molecule has 0 fully saturated rings. The monoisotopic (exact) mass is 1060 g/mol. The van der Waals surface area contributed by atoms with Gasteiger partial charge in [-0.05, 0) is 135 Å². The summed E-state index contributed by atoms with van der Waals surface area (Å²) in [4.78, 5) is 38.2. The molecule has 0 aliphatic rings. The van der Waals surface area contributed by atoms with Crippen LogP contribution in [-0.4, -0.2) is 37.2 Å². The number of ether oxygens (including phenoxy) is 3. The summed E-state index contributed by atoms with van der Waals surface area (Å²) in [5.41, 5.74) is 0. The van der Waals surface area contributed by atoms with Gasteiger partial charge in [-0.2, -0.15) is 0 Å². The molecule has 0 aromatic heterocycles. The minimum absolute atomic E-state index is 0.0977. The van der Waals surface area contributed by atoms with Crippen molar-refractivity contribution in [1.29, 1.82) is 0 Å². The summed E-state index contributed by atoms with van der Waals surface area (Å²) in [6.07, 6.45) is 90.4. The smallest absolute Gasteiger partial charge is 0.306 e. The van der Waals surface area contributed by atoms with Crippen LogP contribution in [0.15, 0.2) is 134 Å². The van der Waals surface area contributed by atoms with Crippen molar-refractivity contribution in [1.82, 2.24) is 0 Å². The lowest BCUT2D eigenvalue weighted by Gasteiger charge is -2.18. The van der Waals surface area contributed by atoms with Gasteiger partial charge in [0.2, 0.25) is 0 Å². The summed E-state index contributed by atoms with van der Waals surface area (Å²) in [7, 11) is 0. The highest BCUT2D eigenvalue weighted by Crippen LogP contribution is 2.14. The van der Waals surface area contributed by atoms with Crippen molar-refractivity contribution in [2.24, 2.45) is 0 Å². The van der Waals surface area contributed by atoms with Gasteiger partial charge in [-0.15, -0.1) is 0 Å². The van der Waals surface area contributed by atoms with Crippen LogP contribution in [0.3, 0.4) is 0 Å². The predicted molar refractivity (Wildman–Crippen MR) is 334 cm³/mol. The van der Waals surface area contributed by atoms with Crippen molar-refractivity contribution in [2.75, 3.05) is 13.2 Å². The molecule has 1 atom stereocenters. The molecule has 0 amide bonds. The van der Waals surface area contributed by atoms with Gasteiger partial charge in [-0.1, -0.05) is 257 Å². The van der Waals surface area contributed by atoms with E-state index in [1.807, 2.05) is 0 Å². The fourth-order valence-electron chi connectivity index (χ4n) is 8.37. The van der Waals surface area contributed by atoms with Crippen molar-refractivity contribution >= 4 is 17.9 Å². The zero-order valence-corrected chi connectivity index (χ0v) is 49.9. The first kappa shape index (κ1) is 72.5. The minimum Gasteiger partial charge on any atom is -0.462 e. The van der Waals surface area contributed by atoms with E-state index in [1.54, 1.807) is 0 Å². The maximum Gasteiger partial charge on any atom is 0.306 e. The van der Waals surface area contributed by atoms with Crippen molar-refractivity contribution in [3.8, 4) is 0 Å². The van der Waals surface area contributed by atoms with Crippen LogP contribution in [0.4, 0.5) is 0 Å². The van der Waals surface area contributed by atoms with E-state index in [1.165, 1.54) is 96.3 Å². The summed E-state index contributed by atoms with van der Waals surface area (Å²) >= 11 is 0. The van der Waals surface area contributed by atoms with E-state index < -0.39 is 6.10 Å². The van der Waals surface area contributed by atoms with Crippen LogP contribution in [0.2, 0.25) is 0 Å². The van der Waals surface area contributed by atoms with Gasteiger partial charge in [0.15, 0.2) is 6.10 Å². The number of hydrogen-bond donors (Lipinski definition) is 0. The summed E-state index contributed by atoms with van der Waals surface area (Å²) < 4.78 is 16.8. The molecule has 0 heterocycles. The quantitative estimate of drug-likeness (QED) is 0.0261. The number of allylic oxidation sites excluding steroid dienone is 22. The van der Waals surface area contributed by atoms with E-state index in [-0.39, 0.29) is 31.1 Å². The topological polar surface area (TPSA) is 78.9 Å². The number of carbonyl (C=O) groups excluding carboxylic acids is 3. The Labute approximate surface area is 475 Å². The highest BCUT2D eigenvalue weighted by atomic mass is 16.6. The SMILES string of the molecule is CC/C=C\C/C=C\C/C=C\C/C=C\C/C=C\C/C=C\C/C=C\C/C=C\C/C=C\CCCCCC(=O)OCC(COC(=O)CCCCCCC/C=C\CCC)OC(=O)CCCCCCCCC/C=C\CCCCCCCCC. The molecule has 0 spiro atoms. The third-order valence-electron chi connectivity index (χ3n) is 13.1. The van der Waals surface area contributed by atoms with E-state index in [2.05, 4.69) is 154 Å². The Morgan fingerprint density at radius 1 is 0.273 bits per heavy atom. The van der Waals surface area contributed by atoms with Crippen LogP contribution < -0.4 is 0 Å². The first-order valence-corrected chi connectivity index (χ1v) is 31.7. The van der Waals surface area contributed by atoms with Crippen LogP contribution in [0.5, 0.6) is 0 Å². The molecular weight excluding hydrogens is 949 g/mol. The third-order valence-corrected chi connectivity index (χ3v) is 13.1. The number of carbonyl (C=O) groups is 3. The Kier molecular flexibility index (Phi) is 60.4. The Bertz CT molecular complexity index is 1650. The summed E-state index contributed by atoms with van der Waals surface area (Å²) in [6, 6.07) is 0. The Morgan fingerprint density at radius 3 is 0.870 bits per heavy atom. The van der Waals surface area contributed by atoms with Crippen LogP contribution in [-0.2, 0) is 28.6 Å². The fourth-order valence-corrected chi connectivity index (χ4v) is 8.37. The maximum atomic E-state index is 12.9. The van der Waals surface area contributed by atoms with Gasteiger partial charge in [0.25, 0.3) is 0 Å². The largest absolute Gasteiger partial charge is 0.462 e. The highest BCUT2D eigenvalue weighted by Gasteiger charge is 2.19. The molecule has 0 aromatic carbocycles. The van der Waals surface area contributed by atoms with Gasteiger partial charge in [0.05, 0.1) is 0 Å². The molecule has 0 aliphatic carbocycles. The lowest BCUT2D eigenvalue weighted by atomic mass is 10.1. The Morgan fingerprint density at radius 2 is 0.532 bits per heavy atom. The molecule has 0 saturated carbocycles. The summed E-state index contributed by atoms with van der Waals surface area (Å²) in [6.45, 7) is 6.43. The first-order valence-electron chi connectivity index (χ1n) is 31.7. The fraction of sp³-hybridized carbons (Fsp3) is 0.648. The second kappa shape index (κ2) is 64.1. The zero-order valence-electron chi connectivity index (χ0n) is 49.9. The molecule has 0 aliphatic heterocycles. The van der Waals surface area contributed by atoms with Crippen molar-refractivity contribution in [2.45, 2.75) is 284 Å². The van der Waals surface area contributed by atoms with Gasteiger partial charge < -0.3 is 14.2 Å². The van der Waals surface area contributed by atoms with E-state index >= 15 is 0 Å². The molecule has 0 N–H and O–H groups in total. The number of unbranched alkanes of at least 4 members (excludes halogenated alkanes) is 23. The van der Waals surface area contributed by atoms with Gasteiger partial charge in [-0.25, -0.2) is 0 Å². The second-order valence-corrected chi connectivity index (χ2v) is 20.6. The average molecular weight is 1070 g/mol. The molecule has 0 bridgehead atoms. The van der Waals surface area contributed by atoms with Crippen LogP contribution >= 0.6 is 0 Å². The summed E-state index contributed by atoms with van der Waals surface area (Å²) in [5.74, 6) is -0.946. The molecule has 1 unspecified atom stereocenters. The second-order valence-electron chi connectivity index (χ2n) is 20.6. The predicted octanol–water partition coefficient (Wildman–Crippen LogP) is 21.8. The minimum atomic E-state index is -0.802. The highest BCUT2D eigenvalue weighted by molar-refractivity contribution is 5.71. The van der Waals surface area contributed by atoms with Gasteiger partial charge in [-0.3, -0.25) is 14.4 Å². The number of hydrogen-bond acceptors (Lipinski definition) is 6. The third kappa shape index (κ3) is 62.3. The summed E-state index contributed by atoms with van der Waals surface area (Å²) in [5, 5.41) is 0. The van der Waals surface area contributed by atoms with Crippen molar-refractivity contribution in [3.63, 3.8) is 0 Å². The zero-order chi connectivity index (χ0) is 55.7. The van der Waals surface area contributed by atoms with Gasteiger partial charge in [0.1, 0.15) is 13.2 Å². The van der Waals surface area contributed by atoms with E-state index in [0.717, 1.165) is 141 Å². The number of esters is 3. The Hall–Kier alpha value is -4.45. The van der Waals surface area contributed by atoms with E-state index in [9.17, 15) is 14.4 Å². The van der Waals surface area contributed by atoms with Gasteiger partial charge >= 0.3 is 17.9 Å². The molecule has 6 heteroatoms. The molecule has 0 saturated heterocycles. The molecule has 0 aromatic rings. The molecule has 436 valence electrons. The van der Waals surface area contributed by atoms with Crippen LogP contribution in [0, 0.1) is 0 Å². The van der Waals surface area contributed by atoms with E-state index in [0.29, 0.717) is 19.3 Å². The van der Waals surface area contributed by atoms with Crippen LogP contribution in [0.25, 0.3) is 0 Å². The lowest BCUT2D eigenvalue weighted by molar-refractivity contribution is -0.167. The lowest BCUT2D eigenvalue weighted by Crippen LogP contribution is -2.30. The maximum absolute atomic E-state index is 12.9. The normalized spacial score (nSPS) is 13.0. The van der Waals surface area contributed by atoms with E-state index in [4.69, 9.17) is 14.2 Å². The average Bonchev–Trinajstić information content (AvgIpc) is 3.43. The molecule has 6 nitrogen and oxygen atoms in total. The standard InChI is InChI=1S/C71H116O6/c1-4-7-10-13-16-19-22-24-26-28-30-31-32-33-34-35-36-37-38-39-40-41-42-44-45-47-49-52-55-58-61-64-70(73)76-67-68(66-75-69(72)63-60-57-54-51-21-18-15-12-9-6-3)77-71(74)65-62-59-56-53-50-48-46-43-29-27-25-23-20-17-14-11-8-5-2/h7,10,12,15-16,19,24,26-27,29-31,33-34,36-37,39-40,42,44,47,49,68H,4-6,8-9,11,13-14,17-18,20-23,25,28,32,35,38,41,43,45-46,48,50-67H2,1-3H3/b10-7-,15-12-,19-16-,26-24-,29-27-,31-30-,34-33-,37-36-,40-39-,44-42-,49-47-. The molecular formula is C71H116O6. The van der Waals surface area contributed by atoms with Gasteiger partial charge in [0, 0.05) is 19.3 Å². The molecule has 0 rings (SSSR count).